The maximum Gasteiger partial charge on any atom is 0.391 e. The van der Waals surface area contributed by atoms with E-state index in [0.29, 0.717) is 18.7 Å². The molecule has 0 saturated carbocycles. The number of hydrogen-bond acceptors (Lipinski definition) is 2. The first-order valence-electron chi connectivity index (χ1n) is 6.20. The summed E-state index contributed by atoms with van der Waals surface area (Å²) >= 11 is 8.35. The van der Waals surface area contributed by atoms with Crippen LogP contribution in [0.25, 0.3) is 0 Å². The van der Waals surface area contributed by atoms with Crippen molar-refractivity contribution in [3.63, 3.8) is 0 Å². The quantitative estimate of drug-likeness (QED) is 0.805. The van der Waals surface area contributed by atoms with Crippen molar-refractivity contribution in [2.24, 2.45) is 11.7 Å². The van der Waals surface area contributed by atoms with Gasteiger partial charge in [-0.3, -0.25) is 0 Å². The second kappa shape index (κ2) is 5.89. The van der Waals surface area contributed by atoms with E-state index in [0.717, 1.165) is 10.2 Å². The van der Waals surface area contributed by atoms with E-state index < -0.39 is 12.1 Å². The number of nitrogens with two attached hydrogens (primary N) is 1. The number of thiocarbonyl (C=S) groups is 1. The minimum Gasteiger partial charge on any atom is -0.389 e. The molecule has 0 unspecified atom stereocenters. The van der Waals surface area contributed by atoms with Gasteiger partial charge in [0.1, 0.15) is 4.99 Å². The summed E-state index contributed by atoms with van der Waals surface area (Å²) in [5, 5.41) is 0. The van der Waals surface area contributed by atoms with Crippen LogP contribution in [0.2, 0.25) is 0 Å². The number of hydrogen-bond donors (Lipinski definition) is 1. The third-order valence-electron chi connectivity index (χ3n) is 3.52. The molecular formula is C13H14BrF3N2S. The van der Waals surface area contributed by atoms with Crippen LogP contribution in [0.5, 0.6) is 0 Å². The highest BCUT2D eigenvalue weighted by Gasteiger charge is 2.41. The van der Waals surface area contributed by atoms with Crippen molar-refractivity contribution in [2.45, 2.75) is 19.0 Å². The summed E-state index contributed by atoms with van der Waals surface area (Å²) < 4.78 is 38.8. The van der Waals surface area contributed by atoms with E-state index in [1.165, 1.54) is 0 Å². The summed E-state index contributed by atoms with van der Waals surface area (Å²) in [5.74, 6) is -1.21. The molecule has 0 bridgehead atoms. The van der Waals surface area contributed by atoms with Crippen molar-refractivity contribution >= 4 is 38.8 Å². The molecule has 1 heterocycles. The van der Waals surface area contributed by atoms with E-state index in [1.807, 2.05) is 17.0 Å². The molecule has 1 aromatic carbocycles. The van der Waals surface area contributed by atoms with Crippen LogP contribution < -0.4 is 10.6 Å². The highest BCUT2D eigenvalue weighted by atomic mass is 79.9. The first-order valence-corrected chi connectivity index (χ1v) is 7.40. The Hall–Kier alpha value is -0.820. The smallest absolute Gasteiger partial charge is 0.389 e. The Morgan fingerprint density at radius 2 is 1.90 bits per heavy atom. The van der Waals surface area contributed by atoms with E-state index in [1.54, 1.807) is 6.07 Å². The van der Waals surface area contributed by atoms with Gasteiger partial charge < -0.3 is 10.6 Å². The van der Waals surface area contributed by atoms with Gasteiger partial charge in [-0.05, 0) is 31.0 Å². The number of alkyl halides is 3. The molecule has 1 fully saturated rings. The fraction of sp³-hybridized carbons (Fsp3) is 0.462. The third-order valence-corrected chi connectivity index (χ3v) is 4.24. The minimum atomic E-state index is -4.10. The van der Waals surface area contributed by atoms with E-state index >= 15 is 0 Å². The van der Waals surface area contributed by atoms with Gasteiger partial charge in [-0.2, -0.15) is 13.2 Å². The maximum atomic E-state index is 12.7. The Balaban J connectivity index is 2.17. The normalized spacial score (nSPS) is 17.3. The summed E-state index contributed by atoms with van der Waals surface area (Å²) in [6, 6.07) is 5.48. The maximum absolute atomic E-state index is 12.7. The van der Waals surface area contributed by atoms with Crippen LogP contribution in [-0.4, -0.2) is 24.3 Å². The number of rotatable bonds is 2. The molecule has 0 aromatic heterocycles. The molecule has 1 aliphatic rings. The van der Waals surface area contributed by atoms with Gasteiger partial charge >= 0.3 is 6.18 Å². The number of piperidine rings is 1. The number of halogens is 4. The average Bonchev–Trinajstić information content (AvgIpc) is 2.37. The van der Waals surface area contributed by atoms with Gasteiger partial charge in [0.25, 0.3) is 0 Å². The molecule has 1 saturated heterocycles. The summed E-state index contributed by atoms with van der Waals surface area (Å²) in [5.41, 5.74) is 7.19. The van der Waals surface area contributed by atoms with Crippen LogP contribution in [0.15, 0.2) is 22.7 Å². The minimum absolute atomic E-state index is 0.107. The van der Waals surface area contributed by atoms with Crippen molar-refractivity contribution in [1.82, 2.24) is 0 Å². The van der Waals surface area contributed by atoms with E-state index in [2.05, 4.69) is 15.9 Å². The Morgan fingerprint density at radius 1 is 1.30 bits per heavy atom. The molecule has 0 amide bonds. The molecule has 0 radical (unpaired) electrons. The molecule has 0 spiro atoms. The Kier molecular flexibility index (Phi) is 4.59. The van der Waals surface area contributed by atoms with Crippen LogP contribution >= 0.6 is 28.1 Å². The van der Waals surface area contributed by atoms with Crippen LogP contribution in [0, 0.1) is 5.92 Å². The SMILES string of the molecule is NC(=S)c1cc(Br)ccc1N1CCC(C(F)(F)F)CC1. The van der Waals surface area contributed by atoms with Crippen molar-refractivity contribution in [1.29, 1.82) is 0 Å². The summed E-state index contributed by atoms with van der Waals surface area (Å²) in [6.45, 7) is 0.725. The number of anilines is 1. The Labute approximate surface area is 129 Å². The molecule has 1 aromatic rings. The van der Waals surface area contributed by atoms with Crippen LogP contribution in [-0.2, 0) is 0 Å². The largest absolute Gasteiger partial charge is 0.391 e. The summed E-state index contributed by atoms with van der Waals surface area (Å²) in [7, 11) is 0. The fourth-order valence-electron chi connectivity index (χ4n) is 2.43. The first-order chi connectivity index (χ1) is 9.29. The van der Waals surface area contributed by atoms with Gasteiger partial charge in [0, 0.05) is 28.8 Å². The van der Waals surface area contributed by atoms with E-state index in [9.17, 15) is 13.2 Å². The molecule has 20 heavy (non-hydrogen) atoms. The van der Waals surface area contributed by atoms with Crippen LogP contribution in [0.4, 0.5) is 18.9 Å². The van der Waals surface area contributed by atoms with Gasteiger partial charge in [0.2, 0.25) is 0 Å². The van der Waals surface area contributed by atoms with Crippen molar-refractivity contribution in [3.8, 4) is 0 Å². The first kappa shape index (κ1) is 15.6. The average molecular weight is 367 g/mol. The zero-order chi connectivity index (χ0) is 14.9. The lowest BCUT2D eigenvalue weighted by atomic mass is 9.95. The summed E-state index contributed by atoms with van der Waals surface area (Å²) in [6.07, 6.45) is -3.88. The molecule has 110 valence electrons. The van der Waals surface area contributed by atoms with Crippen LogP contribution in [0.1, 0.15) is 18.4 Å². The second-order valence-electron chi connectivity index (χ2n) is 4.83. The topological polar surface area (TPSA) is 29.3 Å². The second-order valence-corrected chi connectivity index (χ2v) is 6.18. The molecule has 2 N–H and O–H groups in total. The number of nitrogens with zero attached hydrogens (tertiary/aromatic N) is 1. The van der Waals surface area contributed by atoms with Gasteiger partial charge in [-0.15, -0.1) is 0 Å². The molecule has 2 rings (SSSR count). The van der Waals surface area contributed by atoms with Gasteiger partial charge in [-0.1, -0.05) is 28.1 Å². The number of benzene rings is 1. The predicted molar refractivity (Wildman–Crippen MR) is 81.0 cm³/mol. The molecular weight excluding hydrogens is 353 g/mol. The zero-order valence-electron chi connectivity index (χ0n) is 10.6. The van der Waals surface area contributed by atoms with Crippen molar-refractivity contribution < 1.29 is 13.2 Å². The van der Waals surface area contributed by atoms with Crippen LogP contribution in [0.3, 0.4) is 0 Å². The van der Waals surface area contributed by atoms with E-state index in [4.69, 9.17) is 18.0 Å². The van der Waals surface area contributed by atoms with Gasteiger partial charge in [0.05, 0.1) is 5.92 Å². The van der Waals surface area contributed by atoms with Crippen molar-refractivity contribution in [3.05, 3.63) is 28.2 Å². The standard InChI is InChI=1S/C13H14BrF3N2S/c14-9-1-2-11(10(7-9)12(18)20)19-5-3-8(4-6-19)13(15,16)17/h1-2,7-8H,3-6H2,(H2,18,20). The highest BCUT2D eigenvalue weighted by molar-refractivity contribution is 9.10. The Bertz CT molecular complexity index is 511. The lowest BCUT2D eigenvalue weighted by Crippen LogP contribution is -2.39. The monoisotopic (exact) mass is 366 g/mol. The molecule has 7 heteroatoms. The Morgan fingerprint density at radius 3 is 2.40 bits per heavy atom. The molecule has 0 aliphatic carbocycles. The van der Waals surface area contributed by atoms with E-state index in [-0.39, 0.29) is 17.8 Å². The lowest BCUT2D eigenvalue weighted by Gasteiger charge is -2.35. The highest BCUT2D eigenvalue weighted by Crippen LogP contribution is 2.36. The van der Waals surface area contributed by atoms with Gasteiger partial charge in [0.15, 0.2) is 0 Å². The van der Waals surface area contributed by atoms with Gasteiger partial charge in [-0.25, -0.2) is 0 Å². The zero-order valence-corrected chi connectivity index (χ0v) is 13.0. The fourth-order valence-corrected chi connectivity index (χ4v) is 2.95. The molecule has 0 atom stereocenters. The molecule has 2 nitrogen and oxygen atoms in total. The molecule has 1 aliphatic heterocycles. The summed E-state index contributed by atoms with van der Waals surface area (Å²) in [4.78, 5) is 2.17. The predicted octanol–water partition coefficient (Wildman–Crippen LogP) is 3.86. The third kappa shape index (κ3) is 3.44. The van der Waals surface area contributed by atoms with Crippen molar-refractivity contribution in [2.75, 3.05) is 18.0 Å². The lowest BCUT2D eigenvalue weighted by molar-refractivity contribution is -0.179.